The third-order valence-corrected chi connectivity index (χ3v) is 3.84. The van der Waals surface area contributed by atoms with E-state index in [-0.39, 0.29) is 29.1 Å². The Morgan fingerprint density at radius 3 is 2.62 bits per heavy atom. The molecule has 0 aliphatic carbocycles. The quantitative estimate of drug-likeness (QED) is 0.746. The minimum Gasteiger partial charge on any atom is -0.343 e. The van der Waals surface area contributed by atoms with Crippen molar-refractivity contribution in [2.45, 2.75) is 38.9 Å². The number of H-pyrrole nitrogens is 1. The number of amides is 1. The Morgan fingerprint density at radius 2 is 2.00 bits per heavy atom. The molecule has 0 aromatic carbocycles. The fraction of sp³-hybridized carbons (Fsp3) is 0.375. The summed E-state index contributed by atoms with van der Waals surface area (Å²) in [6, 6.07) is 3.83. The molecule has 0 aliphatic heterocycles. The van der Waals surface area contributed by atoms with Gasteiger partial charge in [0.2, 0.25) is 0 Å². The van der Waals surface area contributed by atoms with E-state index < -0.39 is 17.6 Å². The van der Waals surface area contributed by atoms with Crippen molar-refractivity contribution in [3.63, 3.8) is 0 Å². The van der Waals surface area contributed by atoms with Crippen molar-refractivity contribution in [3.05, 3.63) is 47.2 Å². The summed E-state index contributed by atoms with van der Waals surface area (Å²) >= 11 is 0. The van der Waals surface area contributed by atoms with E-state index >= 15 is 0 Å². The number of rotatable bonds is 3. The van der Waals surface area contributed by atoms with Crippen molar-refractivity contribution in [1.29, 1.82) is 0 Å². The molecule has 0 fully saturated rings. The van der Waals surface area contributed by atoms with E-state index in [1.807, 2.05) is 20.8 Å². The number of nitrogens with zero attached hydrogens (tertiary/aromatic N) is 4. The zero-order chi connectivity index (χ0) is 19.1. The van der Waals surface area contributed by atoms with Gasteiger partial charge in [-0.1, -0.05) is 20.8 Å². The number of pyridine rings is 1. The summed E-state index contributed by atoms with van der Waals surface area (Å²) in [6.07, 6.45) is -3.12. The summed E-state index contributed by atoms with van der Waals surface area (Å²) in [7, 11) is 0. The molecule has 0 radical (unpaired) electrons. The topological polar surface area (TPSA) is 88.0 Å². The van der Waals surface area contributed by atoms with Crippen LogP contribution in [0.4, 0.5) is 13.2 Å². The summed E-state index contributed by atoms with van der Waals surface area (Å²) in [5.41, 5.74) is -0.390. The van der Waals surface area contributed by atoms with Crippen molar-refractivity contribution in [1.82, 2.24) is 30.1 Å². The number of nitrogens with one attached hydrogen (secondary N) is 2. The van der Waals surface area contributed by atoms with Gasteiger partial charge in [-0.05, 0) is 18.2 Å². The monoisotopic (exact) mass is 366 g/mol. The molecule has 0 bridgehead atoms. The van der Waals surface area contributed by atoms with Gasteiger partial charge in [-0.3, -0.25) is 14.3 Å². The zero-order valence-electron chi connectivity index (χ0n) is 14.3. The molecule has 0 saturated carbocycles. The molecular weight excluding hydrogens is 349 g/mol. The highest BCUT2D eigenvalue weighted by molar-refractivity contribution is 5.92. The van der Waals surface area contributed by atoms with Crippen molar-refractivity contribution < 1.29 is 18.0 Å². The van der Waals surface area contributed by atoms with Gasteiger partial charge in [0.05, 0.1) is 6.54 Å². The average molecular weight is 366 g/mol. The van der Waals surface area contributed by atoms with Crippen LogP contribution in [0.25, 0.3) is 5.65 Å². The molecule has 0 atom stereocenters. The molecule has 138 valence electrons. The molecule has 0 spiro atoms. The number of aromatic amines is 1. The van der Waals surface area contributed by atoms with Crippen molar-refractivity contribution >= 4 is 11.6 Å². The number of carbonyl (C=O) groups is 1. The third kappa shape index (κ3) is 3.39. The highest BCUT2D eigenvalue weighted by atomic mass is 19.4. The Balaban J connectivity index is 1.78. The van der Waals surface area contributed by atoms with Crippen LogP contribution in [-0.4, -0.2) is 30.7 Å². The number of aromatic nitrogens is 5. The second-order valence-electron chi connectivity index (χ2n) is 6.83. The minimum absolute atomic E-state index is 0.0843. The molecule has 0 unspecified atom stereocenters. The molecule has 7 nitrogen and oxygen atoms in total. The maximum absolute atomic E-state index is 13.0. The average Bonchev–Trinajstić information content (AvgIpc) is 3.18. The Kier molecular flexibility index (Phi) is 4.21. The molecule has 3 rings (SSSR count). The van der Waals surface area contributed by atoms with Gasteiger partial charge >= 0.3 is 6.18 Å². The lowest BCUT2D eigenvalue weighted by Crippen LogP contribution is -2.24. The first-order chi connectivity index (χ1) is 12.1. The van der Waals surface area contributed by atoms with E-state index in [1.54, 1.807) is 6.07 Å². The van der Waals surface area contributed by atoms with Crippen molar-refractivity contribution in [2.24, 2.45) is 0 Å². The van der Waals surface area contributed by atoms with Gasteiger partial charge in [0.25, 0.3) is 5.91 Å². The van der Waals surface area contributed by atoms with Crippen LogP contribution in [0.3, 0.4) is 0 Å². The normalized spacial score (nSPS) is 12.5. The fourth-order valence-corrected chi connectivity index (χ4v) is 2.38. The van der Waals surface area contributed by atoms with Crippen LogP contribution in [0.2, 0.25) is 0 Å². The van der Waals surface area contributed by atoms with Crippen LogP contribution in [-0.2, 0) is 18.1 Å². The van der Waals surface area contributed by atoms with Crippen molar-refractivity contribution in [2.75, 3.05) is 0 Å². The fourth-order valence-electron chi connectivity index (χ4n) is 2.38. The van der Waals surface area contributed by atoms with Gasteiger partial charge in [0.15, 0.2) is 11.5 Å². The lowest BCUT2D eigenvalue weighted by atomic mass is 9.92. The first-order valence-electron chi connectivity index (χ1n) is 7.81. The van der Waals surface area contributed by atoms with E-state index in [0.717, 1.165) is 11.8 Å². The van der Waals surface area contributed by atoms with Gasteiger partial charge in [-0.25, -0.2) is 0 Å². The number of hydrogen-bond donors (Lipinski definition) is 2. The van der Waals surface area contributed by atoms with Crippen LogP contribution >= 0.6 is 0 Å². The number of alkyl halides is 3. The SMILES string of the molecule is CC(C)(C)c1cc(C(=O)NCc2nnc3c(C(F)(F)F)cccn23)n[nH]1. The van der Waals surface area contributed by atoms with Crippen LogP contribution in [0.5, 0.6) is 0 Å². The van der Waals surface area contributed by atoms with Crippen LogP contribution in [0.1, 0.15) is 48.3 Å². The standard InChI is InChI=1S/C16H17F3N6O/c1-15(2,3)11-7-10(21-22-11)14(26)20-8-12-23-24-13-9(16(17,18)19)5-4-6-25(12)13/h4-7H,8H2,1-3H3,(H,20,26)(H,21,22). The summed E-state index contributed by atoms with van der Waals surface area (Å²) in [4.78, 5) is 12.2. The smallest absolute Gasteiger partial charge is 0.343 e. The maximum Gasteiger partial charge on any atom is 0.420 e. The Labute approximate surface area is 146 Å². The van der Waals surface area contributed by atoms with E-state index in [2.05, 4.69) is 25.7 Å². The predicted octanol–water partition coefficient (Wildman–Crippen LogP) is 2.70. The summed E-state index contributed by atoms with van der Waals surface area (Å²) in [5.74, 6) is -0.272. The molecule has 1 amide bonds. The van der Waals surface area contributed by atoms with Crippen LogP contribution < -0.4 is 5.32 Å². The predicted molar refractivity (Wildman–Crippen MR) is 86.4 cm³/mol. The lowest BCUT2D eigenvalue weighted by molar-refractivity contribution is -0.136. The third-order valence-electron chi connectivity index (χ3n) is 3.84. The van der Waals surface area contributed by atoms with E-state index in [1.165, 1.54) is 16.7 Å². The van der Waals surface area contributed by atoms with Gasteiger partial charge in [-0.2, -0.15) is 18.3 Å². The van der Waals surface area contributed by atoms with Crippen molar-refractivity contribution in [3.8, 4) is 0 Å². The highest BCUT2D eigenvalue weighted by Gasteiger charge is 2.34. The second-order valence-corrected chi connectivity index (χ2v) is 6.83. The summed E-state index contributed by atoms with van der Waals surface area (Å²) in [5, 5.41) is 16.7. The first-order valence-corrected chi connectivity index (χ1v) is 7.81. The number of hydrogen-bond acceptors (Lipinski definition) is 4. The lowest BCUT2D eigenvalue weighted by Gasteiger charge is -2.14. The molecule has 10 heteroatoms. The number of halogens is 3. The van der Waals surface area contributed by atoms with Gasteiger partial charge < -0.3 is 5.32 Å². The van der Waals surface area contributed by atoms with Gasteiger partial charge in [-0.15, -0.1) is 10.2 Å². The number of carbonyl (C=O) groups excluding carboxylic acids is 1. The Morgan fingerprint density at radius 1 is 1.27 bits per heavy atom. The zero-order valence-corrected chi connectivity index (χ0v) is 14.3. The molecule has 3 aromatic rings. The Bertz CT molecular complexity index is 951. The summed E-state index contributed by atoms with van der Waals surface area (Å²) < 4.78 is 40.2. The highest BCUT2D eigenvalue weighted by Crippen LogP contribution is 2.31. The molecule has 2 N–H and O–H groups in total. The molecule has 0 saturated heterocycles. The molecular formula is C16H17F3N6O. The molecule has 3 aromatic heterocycles. The molecule has 3 heterocycles. The van der Waals surface area contributed by atoms with Crippen LogP contribution in [0.15, 0.2) is 24.4 Å². The van der Waals surface area contributed by atoms with E-state index in [4.69, 9.17) is 0 Å². The van der Waals surface area contributed by atoms with E-state index in [0.29, 0.717) is 0 Å². The summed E-state index contributed by atoms with van der Waals surface area (Å²) in [6.45, 7) is 5.84. The maximum atomic E-state index is 13.0. The number of fused-ring (bicyclic) bond motifs is 1. The van der Waals surface area contributed by atoms with Gasteiger partial charge in [0, 0.05) is 17.3 Å². The molecule has 26 heavy (non-hydrogen) atoms. The van der Waals surface area contributed by atoms with Gasteiger partial charge in [0.1, 0.15) is 11.3 Å². The Hall–Kier alpha value is -2.91. The second kappa shape index (κ2) is 6.11. The van der Waals surface area contributed by atoms with E-state index in [9.17, 15) is 18.0 Å². The first kappa shape index (κ1) is 17.9. The van der Waals surface area contributed by atoms with Crippen LogP contribution in [0, 0.1) is 0 Å². The largest absolute Gasteiger partial charge is 0.420 e. The molecule has 0 aliphatic rings. The minimum atomic E-state index is -4.53.